The molecule has 0 aliphatic carbocycles. The molecule has 0 aliphatic heterocycles. The maximum atomic E-state index is 4.11. The Morgan fingerprint density at radius 2 is 2.50 bits per heavy atom. The highest BCUT2D eigenvalue weighted by atomic mass is 79.9. The van der Waals surface area contributed by atoms with E-state index in [1.165, 1.54) is 0 Å². The van der Waals surface area contributed by atoms with E-state index in [2.05, 4.69) is 33.3 Å². The van der Waals surface area contributed by atoms with Gasteiger partial charge in [0.1, 0.15) is 5.82 Å². The average molecular weight is 204 g/mol. The van der Waals surface area contributed by atoms with Crippen LogP contribution in [-0.4, -0.2) is 16.8 Å². The first-order chi connectivity index (χ1) is 4.79. The number of rotatable bonds is 2. The minimum atomic E-state index is 0.891. The van der Waals surface area contributed by atoms with Crippen LogP contribution >= 0.6 is 15.9 Å². The molecule has 0 saturated heterocycles. The predicted molar refractivity (Wildman–Crippen MR) is 45.1 cm³/mol. The van der Waals surface area contributed by atoms with Crippen molar-refractivity contribution in [3.8, 4) is 0 Å². The van der Waals surface area contributed by atoms with E-state index in [4.69, 9.17) is 0 Å². The summed E-state index contributed by atoms with van der Waals surface area (Å²) in [5.41, 5.74) is 0. The molecule has 1 heterocycles. The number of anilines is 1. The smallest absolute Gasteiger partial charge is 0.138 e. The summed E-state index contributed by atoms with van der Waals surface area (Å²) in [6.07, 6.45) is 1.79. The van der Waals surface area contributed by atoms with Crippen molar-refractivity contribution in [2.24, 2.45) is 0 Å². The third-order valence-electron chi connectivity index (χ3n) is 1.33. The maximum absolute atomic E-state index is 4.11. The van der Waals surface area contributed by atoms with Crippen LogP contribution in [0.15, 0.2) is 10.7 Å². The van der Waals surface area contributed by atoms with Gasteiger partial charge in [-0.15, -0.1) is 0 Å². The standard InChI is InChI=1S/C6H10BrN3/c1-3-10-6(8-2)5(7)4-9-10/h4,8H,3H2,1-2H3. The fraction of sp³-hybridized carbons (Fsp3) is 0.500. The van der Waals surface area contributed by atoms with E-state index in [1.54, 1.807) is 6.20 Å². The number of hydrogen-bond donors (Lipinski definition) is 1. The number of aryl methyl sites for hydroxylation is 1. The zero-order valence-electron chi connectivity index (χ0n) is 6.06. The average Bonchev–Trinajstić information content (AvgIpc) is 2.30. The van der Waals surface area contributed by atoms with Gasteiger partial charge in [-0.25, -0.2) is 4.68 Å². The van der Waals surface area contributed by atoms with Crippen LogP contribution < -0.4 is 5.32 Å². The molecule has 0 saturated carbocycles. The fourth-order valence-corrected chi connectivity index (χ4v) is 1.35. The Kier molecular flexibility index (Phi) is 2.32. The van der Waals surface area contributed by atoms with Gasteiger partial charge in [0.15, 0.2) is 0 Å². The highest BCUT2D eigenvalue weighted by Gasteiger charge is 2.02. The summed E-state index contributed by atoms with van der Waals surface area (Å²) in [6.45, 7) is 2.95. The SMILES string of the molecule is CCn1ncc(Br)c1NC. The Morgan fingerprint density at radius 1 is 1.80 bits per heavy atom. The van der Waals surface area contributed by atoms with E-state index in [-0.39, 0.29) is 0 Å². The molecule has 0 bridgehead atoms. The number of nitrogens with zero attached hydrogens (tertiary/aromatic N) is 2. The summed E-state index contributed by atoms with van der Waals surface area (Å²) in [5, 5.41) is 7.16. The molecular formula is C6H10BrN3. The molecule has 0 aromatic carbocycles. The van der Waals surface area contributed by atoms with Gasteiger partial charge < -0.3 is 5.32 Å². The molecule has 0 fully saturated rings. The number of aromatic nitrogens is 2. The van der Waals surface area contributed by atoms with Crippen LogP contribution in [0, 0.1) is 0 Å². The Balaban J connectivity index is 3.01. The van der Waals surface area contributed by atoms with Crippen LogP contribution in [0.4, 0.5) is 5.82 Å². The summed E-state index contributed by atoms with van der Waals surface area (Å²) in [6, 6.07) is 0. The molecule has 0 amide bonds. The van der Waals surface area contributed by atoms with Crippen molar-refractivity contribution in [1.29, 1.82) is 0 Å². The molecule has 1 aromatic heterocycles. The Morgan fingerprint density at radius 3 is 2.90 bits per heavy atom. The third kappa shape index (κ3) is 1.16. The summed E-state index contributed by atoms with van der Waals surface area (Å²) in [5.74, 6) is 1.03. The molecule has 56 valence electrons. The molecule has 10 heavy (non-hydrogen) atoms. The molecule has 1 rings (SSSR count). The summed E-state index contributed by atoms with van der Waals surface area (Å²) in [7, 11) is 1.88. The summed E-state index contributed by atoms with van der Waals surface area (Å²) in [4.78, 5) is 0. The first kappa shape index (κ1) is 7.60. The lowest BCUT2D eigenvalue weighted by atomic mass is 10.6. The molecule has 0 atom stereocenters. The third-order valence-corrected chi connectivity index (χ3v) is 1.91. The number of hydrogen-bond acceptors (Lipinski definition) is 2. The molecule has 4 heteroatoms. The predicted octanol–water partition coefficient (Wildman–Crippen LogP) is 1.71. The number of halogens is 1. The van der Waals surface area contributed by atoms with Gasteiger partial charge in [0.25, 0.3) is 0 Å². The zero-order chi connectivity index (χ0) is 7.56. The molecule has 1 aromatic rings. The van der Waals surface area contributed by atoms with Gasteiger partial charge >= 0.3 is 0 Å². The Labute approximate surface area is 68.6 Å². The van der Waals surface area contributed by atoms with Gasteiger partial charge in [-0.2, -0.15) is 5.10 Å². The van der Waals surface area contributed by atoms with Gasteiger partial charge in [-0.05, 0) is 22.9 Å². The van der Waals surface area contributed by atoms with E-state index in [9.17, 15) is 0 Å². The monoisotopic (exact) mass is 203 g/mol. The van der Waals surface area contributed by atoms with E-state index in [0.717, 1.165) is 16.8 Å². The van der Waals surface area contributed by atoms with Crippen molar-refractivity contribution in [1.82, 2.24) is 9.78 Å². The molecule has 3 nitrogen and oxygen atoms in total. The van der Waals surface area contributed by atoms with Crippen LogP contribution in [-0.2, 0) is 6.54 Å². The lowest BCUT2D eigenvalue weighted by Gasteiger charge is -2.02. The van der Waals surface area contributed by atoms with E-state index >= 15 is 0 Å². The van der Waals surface area contributed by atoms with Gasteiger partial charge in [-0.3, -0.25) is 0 Å². The van der Waals surface area contributed by atoms with Gasteiger partial charge in [0.05, 0.1) is 10.7 Å². The summed E-state index contributed by atoms with van der Waals surface area (Å²) >= 11 is 3.37. The van der Waals surface area contributed by atoms with Crippen molar-refractivity contribution in [3.05, 3.63) is 10.7 Å². The lowest BCUT2D eigenvalue weighted by Crippen LogP contribution is -2.02. The maximum Gasteiger partial charge on any atom is 0.138 e. The molecule has 0 aliphatic rings. The van der Waals surface area contributed by atoms with Crippen molar-refractivity contribution < 1.29 is 0 Å². The van der Waals surface area contributed by atoms with E-state index in [1.807, 2.05) is 11.7 Å². The normalized spacial score (nSPS) is 9.90. The first-order valence-corrected chi connectivity index (χ1v) is 3.98. The van der Waals surface area contributed by atoms with Gasteiger partial charge in [0, 0.05) is 13.6 Å². The highest BCUT2D eigenvalue weighted by Crippen LogP contribution is 2.20. The van der Waals surface area contributed by atoms with Crippen molar-refractivity contribution in [2.45, 2.75) is 13.5 Å². The minimum Gasteiger partial charge on any atom is -0.372 e. The lowest BCUT2D eigenvalue weighted by molar-refractivity contribution is 0.667. The second-order valence-corrected chi connectivity index (χ2v) is 2.76. The number of nitrogens with one attached hydrogen (secondary N) is 1. The topological polar surface area (TPSA) is 29.9 Å². The van der Waals surface area contributed by atoms with Crippen molar-refractivity contribution >= 4 is 21.7 Å². The van der Waals surface area contributed by atoms with Crippen LogP contribution in [0.1, 0.15) is 6.92 Å². The highest BCUT2D eigenvalue weighted by molar-refractivity contribution is 9.10. The molecule has 0 radical (unpaired) electrons. The Bertz CT molecular complexity index is 219. The van der Waals surface area contributed by atoms with Gasteiger partial charge in [0.2, 0.25) is 0 Å². The molecule has 0 spiro atoms. The largest absolute Gasteiger partial charge is 0.372 e. The first-order valence-electron chi connectivity index (χ1n) is 3.18. The van der Waals surface area contributed by atoms with Crippen molar-refractivity contribution in [3.63, 3.8) is 0 Å². The second kappa shape index (κ2) is 3.05. The minimum absolute atomic E-state index is 0.891. The van der Waals surface area contributed by atoms with Crippen LogP contribution in [0.3, 0.4) is 0 Å². The van der Waals surface area contributed by atoms with Crippen molar-refractivity contribution in [2.75, 3.05) is 12.4 Å². The van der Waals surface area contributed by atoms with Crippen LogP contribution in [0.5, 0.6) is 0 Å². The molecule has 1 N–H and O–H groups in total. The van der Waals surface area contributed by atoms with Crippen LogP contribution in [0.2, 0.25) is 0 Å². The second-order valence-electron chi connectivity index (χ2n) is 1.91. The quantitative estimate of drug-likeness (QED) is 0.794. The van der Waals surface area contributed by atoms with E-state index in [0.29, 0.717) is 0 Å². The molecule has 0 unspecified atom stereocenters. The molecular weight excluding hydrogens is 194 g/mol. The van der Waals surface area contributed by atoms with Gasteiger partial charge in [-0.1, -0.05) is 0 Å². The zero-order valence-corrected chi connectivity index (χ0v) is 7.64. The van der Waals surface area contributed by atoms with E-state index < -0.39 is 0 Å². The van der Waals surface area contributed by atoms with Crippen LogP contribution in [0.25, 0.3) is 0 Å². The fourth-order valence-electron chi connectivity index (χ4n) is 0.851. The Hall–Kier alpha value is -0.510. The summed E-state index contributed by atoms with van der Waals surface area (Å²) < 4.78 is 2.90.